The van der Waals surface area contributed by atoms with Crippen LogP contribution in [0.25, 0.3) is 0 Å². The lowest BCUT2D eigenvalue weighted by Gasteiger charge is -2.29. The average molecular weight is 360 g/mol. The van der Waals surface area contributed by atoms with Crippen LogP contribution in [0.1, 0.15) is 32.1 Å². The summed E-state index contributed by atoms with van der Waals surface area (Å²) >= 11 is 3.23. The van der Waals surface area contributed by atoms with Crippen LogP contribution in [0.3, 0.4) is 0 Å². The number of ether oxygens (including phenoxy) is 1. The van der Waals surface area contributed by atoms with Gasteiger partial charge in [0, 0.05) is 24.4 Å². The molecule has 2 unspecified atom stereocenters. The van der Waals surface area contributed by atoms with E-state index in [0.29, 0.717) is 39.0 Å². The lowest BCUT2D eigenvalue weighted by Crippen LogP contribution is -2.37. The van der Waals surface area contributed by atoms with Crippen LogP contribution in [-0.2, 0) is 9.53 Å². The highest BCUT2D eigenvalue weighted by atomic mass is 79.9. The number of alkyl halides is 4. The lowest BCUT2D eigenvalue weighted by atomic mass is 9.80. The van der Waals surface area contributed by atoms with E-state index in [9.17, 15) is 18.0 Å². The third kappa shape index (κ3) is 6.43. The first kappa shape index (κ1) is 17.8. The maximum absolute atomic E-state index is 12.7. The summed E-state index contributed by atoms with van der Waals surface area (Å²) < 4.78 is 43.2. The summed E-state index contributed by atoms with van der Waals surface area (Å²) in [4.78, 5) is 11.8. The molecule has 7 heteroatoms. The third-order valence-corrected chi connectivity index (χ3v) is 3.82. The predicted molar refractivity (Wildman–Crippen MR) is 73.7 cm³/mol. The SMILES string of the molecule is O=C(NCCCOCCBr)C1CCCC(C(F)(F)F)C1. The third-order valence-electron chi connectivity index (χ3n) is 3.49. The van der Waals surface area contributed by atoms with Crippen LogP contribution >= 0.6 is 15.9 Å². The molecule has 0 aromatic heterocycles. The summed E-state index contributed by atoms with van der Waals surface area (Å²) in [5.74, 6) is -2.08. The van der Waals surface area contributed by atoms with Gasteiger partial charge in [-0.2, -0.15) is 13.2 Å². The average Bonchev–Trinajstić information content (AvgIpc) is 2.41. The molecule has 0 bridgehead atoms. The minimum atomic E-state index is -4.18. The van der Waals surface area contributed by atoms with Crippen molar-refractivity contribution >= 4 is 21.8 Å². The number of amides is 1. The highest BCUT2D eigenvalue weighted by Gasteiger charge is 2.43. The summed E-state index contributed by atoms with van der Waals surface area (Å²) in [6.45, 7) is 1.61. The molecule has 2 atom stereocenters. The fourth-order valence-corrected chi connectivity index (χ4v) is 2.64. The second-order valence-electron chi connectivity index (χ2n) is 5.05. The number of carbonyl (C=O) groups excluding carboxylic acids is 1. The Hall–Kier alpha value is -0.300. The van der Waals surface area contributed by atoms with Crippen molar-refractivity contribution < 1.29 is 22.7 Å². The van der Waals surface area contributed by atoms with Gasteiger partial charge in [-0.25, -0.2) is 0 Å². The molecule has 0 aliphatic heterocycles. The second-order valence-corrected chi connectivity index (χ2v) is 5.84. The molecule has 1 saturated carbocycles. The Labute approximate surface area is 125 Å². The van der Waals surface area contributed by atoms with Crippen LogP contribution in [0.5, 0.6) is 0 Å². The standard InChI is InChI=1S/C13H21BrF3NO2/c14-5-8-20-7-2-6-18-12(19)10-3-1-4-11(9-10)13(15,16)17/h10-11H,1-9H2,(H,18,19). The molecule has 0 saturated heterocycles. The van der Waals surface area contributed by atoms with Crippen LogP contribution in [0.2, 0.25) is 0 Å². The van der Waals surface area contributed by atoms with Gasteiger partial charge in [0.1, 0.15) is 0 Å². The summed E-state index contributed by atoms with van der Waals surface area (Å²) in [7, 11) is 0. The maximum Gasteiger partial charge on any atom is 0.391 e. The predicted octanol–water partition coefficient (Wildman–Crippen LogP) is 3.27. The van der Waals surface area contributed by atoms with E-state index >= 15 is 0 Å². The van der Waals surface area contributed by atoms with E-state index in [0.717, 1.165) is 5.33 Å². The van der Waals surface area contributed by atoms with Crippen molar-refractivity contribution in [1.82, 2.24) is 5.32 Å². The van der Waals surface area contributed by atoms with E-state index in [1.54, 1.807) is 0 Å². The molecule has 0 aromatic carbocycles. The molecule has 1 N–H and O–H groups in total. The van der Waals surface area contributed by atoms with Gasteiger partial charge in [-0.3, -0.25) is 4.79 Å². The molecule has 0 heterocycles. The lowest BCUT2D eigenvalue weighted by molar-refractivity contribution is -0.186. The van der Waals surface area contributed by atoms with Crippen molar-refractivity contribution in [3.63, 3.8) is 0 Å². The molecule has 0 spiro atoms. The zero-order valence-electron chi connectivity index (χ0n) is 11.3. The number of rotatable bonds is 7. The minimum Gasteiger partial charge on any atom is -0.381 e. The Morgan fingerprint density at radius 2 is 2.05 bits per heavy atom. The van der Waals surface area contributed by atoms with E-state index in [-0.39, 0.29) is 18.7 Å². The number of halogens is 4. The maximum atomic E-state index is 12.7. The minimum absolute atomic E-state index is 0.0740. The van der Waals surface area contributed by atoms with E-state index in [2.05, 4.69) is 21.2 Å². The Kier molecular flexibility index (Phi) is 7.87. The first-order valence-electron chi connectivity index (χ1n) is 6.93. The van der Waals surface area contributed by atoms with Crippen LogP contribution < -0.4 is 5.32 Å². The van der Waals surface area contributed by atoms with Gasteiger partial charge < -0.3 is 10.1 Å². The molecule has 1 rings (SSSR count). The van der Waals surface area contributed by atoms with E-state index in [1.165, 1.54) is 0 Å². The zero-order valence-corrected chi connectivity index (χ0v) is 12.9. The van der Waals surface area contributed by atoms with Gasteiger partial charge in [-0.1, -0.05) is 22.4 Å². The van der Waals surface area contributed by atoms with Crippen LogP contribution in [0.15, 0.2) is 0 Å². The molecular formula is C13H21BrF3NO2. The fraction of sp³-hybridized carbons (Fsp3) is 0.923. The smallest absolute Gasteiger partial charge is 0.381 e. The summed E-state index contributed by atoms with van der Waals surface area (Å²) in [5, 5.41) is 3.47. The molecule has 1 amide bonds. The molecule has 3 nitrogen and oxygen atoms in total. The van der Waals surface area contributed by atoms with Crippen LogP contribution in [-0.4, -0.2) is 37.2 Å². The van der Waals surface area contributed by atoms with Crippen molar-refractivity contribution in [3.05, 3.63) is 0 Å². The van der Waals surface area contributed by atoms with E-state index in [4.69, 9.17) is 4.74 Å². The molecule has 0 radical (unpaired) electrons. The monoisotopic (exact) mass is 359 g/mol. The topological polar surface area (TPSA) is 38.3 Å². The summed E-state index contributed by atoms with van der Waals surface area (Å²) in [6.07, 6.45) is -2.41. The molecule has 1 fully saturated rings. The van der Waals surface area contributed by atoms with Gasteiger partial charge in [-0.05, 0) is 25.7 Å². The zero-order chi connectivity index (χ0) is 15.0. The van der Waals surface area contributed by atoms with Crippen molar-refractivity contribution in [2.24, 2.45) is 11.8 Å². The van der Waals surface area contributed by atoms with Crippen molar-refractivity contribution in [3.8, 4) is 0 Å². The number of carbonyl (C=O) groups is 1. The van der Waals surface area contributed by atoms with E-state index in [1.807, 2.05) is 0 Å². The summed E-state index contributed by atoms with van der Waals surface area (Å²) in [6, 6.07) is 0. The fourth-order valence-electron chi connectivity index (χ4n) is 2.41. The van der Waals surface area contributed by atoms with Gasteiger partial charge in [-0.15, -0.1) is 0 Å². The first-order valence-corrected chi connectivity index (χ1v) is 8.05. The molecule has 20 heavy (non-hydrogen) atoms. The number of hydrogen-bond acceptors (Lipinski definition) is 2. The highest BCUT2D eigenvalue weighted by Crippen LogP contribution is 2.39. The summed E-state index contributed by atoms with van der Waals surface area (Å²) in [5.41, 5.74) is 0. The molecular weight excluding hydrogens is 339 g/mol. The quantitative estimate of drug-likeness (QED) is 0.559. The van der Waals surface area contributed by atoms with Crippen molar-refractivity contribution in [2.75, 3.05) is 25.1 Å². The van der Waals surface area contributed by atoms with Gasteiger partial charge in [0.15, 0.2) is 0 Å². The largest absolute Gasteiger partial charge is 0.391 e. The molecule has 0 aromatic rings. The highest BCUT2D eigenvalue weighted by molar-refractivity contribution is 9.09. The van der Waals surface area contributed by atoms with Gasteiger partial charge in [0.25, 0.3) is 0 Å². The van der Waals surface area contributed by atoms with Gasteiger partial charge in [0.05, 0.1) is 12.5 Å². The Morgan fingerprint density at radius 3 is 2.70 bits per heavy atom. The van der Waals surface area contributed by atoms with Crippen LogP contribution in [0, 0.1) is 11.8 Å². The first-order chi connectivity index (χ1) is 9.45. The van der Waals surface area contributed by atoms with Gasteiger partial charge >= 0.3 is 6.18 Å². The van der Waals surface area contributed by atoms with Crippen molar-refractivity contribution in [1.29, 1.82) is 0 Å². The van der Waals surface area contributed by atoms with Gasteiger partial charge in [0.2, 0.25) is 5.91 Å². The number of nitrogens with one attached hydrogen (secondary N) is 1. The Bertz CT molecular complexity index is 300. The normalized spacial score (nSPS) is 23.6. The van der Waals surface area contributed by atoms with E-state index < -0.39 is 18.0 Å². The van der Waals surface area contributed by atoms with Crippen molar-refractivity contribution in [2.45, 2.75) is 38.3 Å². The Balaban J connectivity index is 2.22. The molecule has 1 aliphatic rings. The van der Waals surface area contributed by atoms with Crippen LogP contribution in [0.4, 0.5) is 13.2 Å². The Morgan fingerprint density at radius 1 is 1.30 bits per heavy atom. The molecule has 1 aliphatic carbocycles. The second kappa shape index (κ2) is 8.87. The molecule has 118 valence electrons. The number of hydrogen-bond donors (Lipinski definition) is 1.